The van der Waals surface area contributed by atoms with Crippen LogP contribution in [0.25, 0.3) is 32.1 Å². The van der Waals surface area contributed by atoms with Gasteiger partial charge in [0.05, 0.1) is 45.9 Å². The van der Waals surface area contributed by atoms with Crippen molar-refractivity contribution in [1.82, 2.24) is 25.1 Å². The van der Waals surface area contributed by atoms with E-state index in [2.05, 4.69) is 38.8 Å². The zero-order chi connectivity index (χ0) is 36.0. The number of benzene rings is 2. The predicted molar refractivity (Wildman–Crippen MR) is 191 cm³/mol. The van der Waals surface area contributed by atoms with Gasteiger partial charge >= 0.3 is 12.1 Å². The molecule has 0 aliphatic carbocycles. The van der Waals surface area contributed by atoms with Gasteiger partial charge in [-0.15, -0.1) is 21.5 Å². The molecule has 5 heterocycles. The maximum absolute atomic E-state index is 15.5. The van der Waals surface area contributed by atoms with Crippen LogP contribution in [-0.4, -0.2) is 63.0 Å². The smallest absolute Gasteiger partial charge is 0.412 e. The largest absolute Gasteiger partial charge is 0.462 e. The van der Waals surface area contributed by atoms with Crippen molar-refractivity contribution in [2.45, 2.75) is 78.4 Å². The minimum Gasteiger partial charge on any atom is -0.462 e. The Morgan fingerprint density at radius 1 is 1.20 bits per heavy atom. The molecule has 5 aromatic rings. The summed E-state index contributed by atoms with van der Waals surface area (Å²) in [6, 6.07) is 5.42. The molecule has 1 atom stereocenters. The van der Waals surface area contributed by atoms with Gasteiger partial charge in [0, 0.05) is 23.4 Å². The van der Waals surface area contributed by atoms with E-state index >= 15 is 4.39 Å². The number of hydrogen-bond donors (Lipinski definition) is 2. The first kappa shape index (κ1) is 34.8. The quantitative estimate of drug-likeness (QED) is 0.153. The maximum Gasteiger partial charge on any atom is 0.412 e. The standard InChI is InChI=1S/C35H36ClFN8O5S/c1-6-23-43-44-24(49-23)13-39-31-27-21-16-47-15-20(21)25(28(36)29(27)40-33(41-31)48-14-17-8-7-11-45(17)5)18-9-10-22(37)30-26(18)19(12-38)32(51-30)42-34(46)50-35(2,3)4/h9-10,17H,6-8,11,13-16H2,1-5H3,(H,42,46)(H,39,40,41)/t17-/m0/s1. The van der Waals surface area contributed by atoms with Crippen LogP contribution < -0.4 is 15.4 Å². The summed E-state index contributed by atoms with van der Waals surface area (Å²) >= 11 is 8.30. The molecule has 0 radical (unpaired) electrons. The molecular formula is C35H36ClFN8O5S. The summed E-state index contributed by atoms with van der Waals surface area (Å²) in [4.78, 5) is 24.6. The van der Waals surface area contributed by atoms with Gasteiger partial charge in [-0.25, -0.2) is 9.18 Å². The molecule has 1 saturated heterocycles. The molecule has 2 N–H and O–H groups in total. The SMILES string of the molecule is CCc1nnc(CNc2nc(OC[C@@H]3CCCN3C)nc3c(Cl)c(-c4ccc(F)c5sc(NC(=O)OC(C)(C)C)c(C#N)c45)c4c(c23)COC4)o1. The molecule has 1 amide bonds. The van der Waals surface area contributed by atoms with Crippen molar-refractivity contribution >= 4 is 60.8 Å². The number of carbonyl (C=O) groups is 1. The van der Waals surface area contributed by atoms with E-state index in [0.29, 0.717) is 58.0 Å². The average molecular weight is 735 g/mol. The number of nitrogens with one attached hydrogen (secondary N) is 2. The Bertz CT molecular complexity index is 2210. The first-order valence-electron chi connectivity index (χ1n) is 16.6. The molecule has 0 spiro atoms. The van der Waals surface area contributed by atoms with Crippen molar-refractivity contribution in [2.75, 3.05) is 30.8 Å². The Kier molecular flexibility index (Phi) is 9.44. The summed E-state index contributed by atoms with van der Waals surface area (Å²) in [5.41, 5.74) is 2.25. The van der Waals surface area contributed by atoms with Crippen LogP contribution in [0.1, 0.15) is 69.0 Å². The van der Waals surface area contributed by atoms with Gasteiger partial charge in [0.1, 0.15) is 34.9 Å². The lowest BCUT2D eigenvalue weighted by Gasteiger charge is -2.20. The summed E-state index contributed by atoms with van der Waals surface area (Å²) in [7, 11) is 2.06. The van der Waals surface area contributed by atoms with E-state index in [0.717, 1.165) is 41.9 Å². The minimum absolute atomic E-state index is 0.0833. The number of anilines is 2. The normalized spacial score (nSPS) is 16.1. The van der Waals surface area contributed by atoms with Gasteiger partial charge in [0.25, 0.3) is 0 Å². The second-order valence-corrected chi connectivity index (χ2v) is 14.8. The summed E-state index contributed by atoms with van der Waals surface area (Å²) < 4.78 is 39.0. The summed E-state index contributed by atoms with van der Waals surface area (Å²) in [5.74, 6) is 0.801. The molecule has 2 aromatic carbocycles. The van der Waals surface area contributed by atoms with Crippen LogP contribution in [0.2, 0.25) is 5.02 Å². The molecule has 51 heavy (non-hydrogen) atoms. The summed E-state index contributed by atoms with van der Waals surface area (Å²) in [6.45, 7) is 9.10. The molecule has 13 nitrogen and oxygen atoms in total. The van der Waals surface area contributed by atoms with E-state index in [1.807, 2.05) is 6.92 Å². The van der Waals surface area contributed by atoms with Crippen LogP contribution >= 0.6 is 22.9 Å². The molecular weight excluding hydrogens is 699 g/mol. The zero-order valence-corrected chi connectivity index (χ0v) is 30.4. The van der Waals surface area contributed by atoms with Crippen molar-refractivity contribution in [3.8, 4) is 23.2 Å². The van der Waals surface area contributed by atoms with Crippen LogP contribution in [0, 0.1) is 17.1 Å². The van der Waals surface area contributed by atoms with Gasteiger partial charge in [0.2, 0.25) is 11.8 Å². The molecule has 0 saturated carbocycles. The van der Waals surface area contributed by atoms with E-state index in [-0.39, 0.29) is 52.1 Å². The zero-order valence-electron chi connectivity index (χ0n) is 28.8. The number of thiophene rings is 1. The molecule has 1 fully saturated rings. The number of halogens is 2. The second-order valence-electron chi connectivity index (χ2n) is 13.4. The first-order valence-corrected chi connectivity index (χ1v) is 17.8. The van der Waals surface area contributed by atoms with Crippen LogP contribution in [0.3, 0.4) is 0 Å². The third kappa shape index (κ3) is 6.76. The maximum atomic E-state index is 15.5. The molecule has 0 unspecified atom stereocenters. The van der Waals surface area contributed by atoms with Gasteiger partial charge < -0.3 is 28.8 Å². The monoisotopic (exact) mass is 734 g/mol. The van der Waals surface area contributed by atoms with Crippen LogP contribution in [0.5, 0.6) is 6.01 Å². The Balaban J connectivity index is 1.39. The predicted octanol–water partition coefficient (Wildman–Crippen LogP) is 7.58. The van der Waals surface area contributed by atoms with Crippen molar-refractivity contribution in [1.29, 1.82) is 5.26 Å². The number of likely N-dealkylation sites (tertiary alicyclic amines) is 1. The number of aromatic nitrogens is 4. The Morgan fingerprint density at radius 2 is 1.98 bits per heavy atom. The van der Waals surface area contributed by atoms with Gasteiger partial charge in [-0.3, -0.25) is 5.32 Å². The van der Waals surface area contributed by atoms with Crippen LogP contribution in [0.15, 0.2) is 16.5 Å². The van der Waals surface area contributed by atoms with Gasteiger partial charge in [-0.05, 0) is 70.0 Å². The number of likely N-dealkylation sites (N-methyl/N-ethyl adjacent to an activating group) is 1. The van der Waals surface area contributed by atoms with Crippen molar-refractivity contribution in [2.24, 2.45) is 0 Å². The number of amides is 1. The summed E-state index contributed by atoms with van der Waals surface area (Å²) in [5, 5.41) is 25.9. The van der Waals surface area contributed by atoms with Crippen LogP contribution in [0.4, 0.5) is 20.0 Å². The van der Waals surface area contributed by atoms with Crippen molar-refractivity contribution < 1.29 is 27.8 Å². The highest BCUT2D eigenvalue weighted by atomic mass is 35.5. The van der Waals surface area contributed by atoms with Crippen LogP contribution in [-0.2, 0) is 35.7 Å². The number of ether oxygens (including phenoxy) is 3. The number of carbonyl (C=O) groups excluding carboxylic acids is 1. The minimum atomic E-state index is -0.780. The Labute approximate surface area is 302 Å². The van der Waals surface area contributed by atoms with Gasteiger partial charge in [0.15, 0.2) is 0 Å². The average Bonchev–Trinajstić information content (AvgIpc) is 3.90. The topological polar surface area (TPSA) is 161 Å². The van der Waals surface area contributed by atoms with E-state index in [9.17, 15) is 10.1 Å². The second kappa shape index (κ2) is 13.8. The fourth-order valence-electron chi connectivity index (χ4n) is 6.48. The highest BCUT2D eigenvalue weighted by Gasteiger charge is 2.31. The van der Waals surface area contributed by atoms with E-state index in [4.69, 9.17) is 40.2 Å². The lowest BCUT2D eigenvalue weighted by Crippen LogP contribution is -2.30. The fourth-order valence-corrected chi connectivity index (χ4v) is 7.90. The lowest BCUT2D eigenvalue weighted by atomic mass is 9.91. The number of rotatable bonds is 9. The van der Waals surface area contributed by atoms with Gasteiger partial charge in [-0.1, -0.05) is 24.6 Å². The lowest BCUT2D eigenvalue weighted by molar-refractivity contribution is 0.0636. The molecule has 3 aromatic heterocycles. The third-order valence-corrected chi connectivity index (χ3v) is 10.3. The molecule has 0 bridgehead atoms. The number of nitrogens with zero attached hydrogens (tertiary/aromatic N) is 6. The van der Waals surface area contributed by atoms with E-state index in [1.165, 1.54) is 6.07 Å². The molecule has 2 aliphatic heterocycles. The van der Waals surface area contributed by atoms with Crippen molar-refractivity contribution in [3.63, 3.8) is 0 Å². The highest BCUT2D eigenvalue weighted by Crippen LogP contribution is 2.49. The Hall–Kier alpha value is -4.62. The van der Waals surface area contributed by atoms with Crippen molar-refractivity contribution in [3.05, 3.63) is 51.4 Å². The van der Waals surface area contributed by atoms with E-state index in [1.54, 1.807) is 26.8 Å². The Morgan fingerprint density at radius 3 is 2.69 bits per heavy atom. The first-order chi connectivity index (χ1) is 24.5. The molecule has 266 valence electrons. The molecule has 2 aliphatic rings. The summed E-state index contributed by atoms with van der Waals surface area (Å²) in [6.07, 6.45) is 1.92. The van der Waals surface area contributed by atoms with E-state index < -0.39 is 17.5 Å². The molecule has 7 rings (SSSR count). The highest BCUT2D eigenvalue weighted by molar-refractivity contribution is 7.23. The number of hydrogen-bond acceptors (Lipinski definition) is 13. The fraction of sp³-hybridized carbons (Fsp3) is 0.429. The number of nitriles is 1. The van der Waals surface area contributed by atoms with Gasteiger partial charge in [-0.2, -0.15) is 15.2 Å². The number of aryl methyl sites for hydroxylation is 1. The molecule has 16 heteroatoms. The number of fused-ring (bicyclic) bond motifs is 4. The third-order valence-electron chi connectivity index (χ3n) is 8.86.